The molecular formula is C42H31NOS. The summed E-state index contributed by atoms with van der Waals surface area (Å²) in [5.41, 5.74) is 5.38. The van der Waals surface area contributed by atoms with E-state index in [-0.39, 0.29) is 0 Å². The van der Waals surface area contributed by atoms with Crippen LogP contribution in [-0.2, 0) is 0 Å². The molecule has 1 atom stereocenters. The molecule has 0 bridgehead atoms. The van der Waals surface area contributed by atoms with Gasteiger partial charge < -0.3 is 8.98 Å². The third-order valence-electron chi connectivity index (χ3n) is 9.26. The van der Waals surface area contributed by atoms with E-state index in [2.05, 4.69) is 174 Å². The van der Waals surface area contributed by atoms with E-state index < -0.39 is 10.0 Å². The van der Waals surface area contributed by atoms with Gasteiger partial charge in [-0.15, -0.1) is 0 Å². The Morgan fingerprint density at radius 2 is 1.09 bits per heavy atom. The Morgan fingerprint density at radius 3 is 1.71 bits per heavy atom. The summed E-state index contributed by atoms with van der Waals surface area (Å²) in [4.78, 5) is 4.10. The molecule has 45 heavy (non-hydrogen) atoms. The summed E-state index contributed by atoms with van der Waals surface area (Å²) in [6, 6.07) is 53.2. The van der Waals surface area contributed by atoms with Crippen molar-refractivity contribution in [2.75, 3.05) is 0 Å². The SMILES string of the molecule is C1=CCC(S(c2ccccc2)(c2ccccc2)c2ccc3oc4ccc(-n5c6ccccc6c6ccccc65)cc4c3c2)C=C1. The van der Waals surface area contributed by atoms with Crippen LogP contribution in [0.3, 0.4) is 0 Å². The first-order valence-electron chi connectivity index (χ1n) is 15.5. The van der Waals surface area contributed by atoms with Crippen molar-refractivity contribution < 1.29 is 4.42 Å². The highest BCUT2D eigenvalue weighted by Gasteiger charge is 2.38. The van der Waals surface area contributed by atoms with E-state index in [9.17, 15) is 0 Å². The average Bonchev–Trinajstić information content (AvgIpc) is 3.65. The number of hydrogen-bond donors (Lipinski definition) is 0. The van der Waals surface area contributed by atoms with Crippen LogP contribution in [0.2, 0.25) is 0 Å². The minimum absolute atomic E-state index is 0.330. The van der Waals surface area contributed by atoms with E-state index in [1.54, 1.807) is 0 Å². The molecule has 0 radical (unpaired) electrons. The highest BCUT2D eigenvalue weighted by atomic mass is 32.3. The summed E-state index contributed by atoms with van der Waals surface area (Å²) in [6.45, 7) is 0. The van der Waals surface area contributed by atoms with Gasteiger partial charge in [-0.25, -0.2) is 0 Å². The van der Waals surface area contributed by atoms with Crippen molar-refractivity contribution >= 4 is 53.8 Å². The molecule has 3 heteroatoms. The van der Waals surface area contributed by atoms with Crippen molar-refractivity contribution in [1.29, 1.82) is 0 Å². The minimum Gasteiger partial charge on any atom is -0.456 e. The van der Waals surface area contributed by atoms with Crippen LogP contribution in [0.25, 0.3) is 49.4 Å². The third kappa shape index (κ3) is 3.97. The molecule has 0 saturated carbocycles. The van der Waals surface area contributed by atoms with E-state index in [1.807, 2.05) is 0 Å². The van der Waals surface area contributed by atoms with Gasteiger partial charge in [0.15, 0.2) is 0 Å². The summed E-state index contributed by atoms with van der Waals surface area (Å²) in [7, 11) is -1.67. The number of hydrogen-bond acceptors (Lipinski definition) is 1. The molecule has 2 aromatic heterocycles. The lowest BCUT2D eigenvalue weighted by Gasteiger charge is -2.47. The number of para-hydroxylation sites is 2. The zero-order chi connectivity index (χ0) is 29.8. The zero-order valence-corrected chi connectivity index (χ0v) is 25.5. The monoisotopic (exact) mass is 597 g/mol. The molecular weight excluding hydrogens is 567 g/mol. The van der Waals surface area contributed by atoms with Crippen LogP contribution in [0.15, 0.2) is 189 Å². The Labute approximate surface area is 263 Å². The van der Waals surface area contributed by atoms with Crippen molar-refractivity contribution in [2.45, 2.75) is 26.4 Å². The molecule has 2 heterocycles. The fourth-order valence-electron chi connectivity index (χ4n) is 7.31. The van der Waals surface area contributed by atoms with Crippen molar-refractivity contribution in [3.8, 4) is 5.69 Å². The number of furan rings is 1. The lowest BCUT2D eigenvalue weighted by molar-refractivity contribution is 0.668. The summed E-state index contributed by atoms with van der Waals surface area (Å²) in [5.74, 6) is 0. The highest BCUT2D eigenvalue weighted by Crippen LogP contribution is 2.72. The number of allylic oxidation sites excluding steroid dienone is 3. The van der Waals surface area contributed by atoms with Crippen LogP contribution in [0, 0.1) is 0 Å². The first-order chi connectivity index (χ1) is 22.3. The Morgan fingerprint density at radius 1 is 0.511 bits per heavy atom. The summed E-state index contributed by atoms with van der Waals surface area (Å²) < 4.78 is 8.88. The van der Waals surface area contributed by atoms with Gasteiger partial charge in [-0.05, 0) is 93.9 Å². The van der Waals surface area contributed by atoms with Gasteiger partial charge in [0.2, 0.25) is 0 Å². The average molecular weight is 598 g/mol. The van der Waals surface area contributed by atoms with Crippen LogP contribution in [-0.4, -0.2) is 9.82 Å². The second-order valence-corrected chi connectivity index (χ2v) is 15.0. The van der Waals surface area contributed by atoms with Gasteiger partial charge in [0.25, 0.3) is 0 Å². The van der Waals surface area contributed by atoms with Crippen molar-refractivity contribution in [1.82, 2.24) is 4.57 Å². The molecule has 0 aliphatic heterocycles. The quantitative estimate of drug-likeness (QED) is 0.193. The standard InChI is InChI=1S/C42H31NOS/c1-4-14-31(15-5-1)45(32-16-6-2-7-17-32,33-18-8-3-9-19-33)34-25-27-42-38(29-34)37-28-30(24-26-41(37)44-42)43-39-22-12-10-20-35(39)36-21-11-13-23-40(36)43/h1-18,20-29,33H,19H2. The molecule has 2 nitrogen and oxygen atoms in total. The maximum Gasteiger partial charge on any atom is 0.135 e. The first kappa shape index (κ1) is 26.2. The molecule has 0 N–H and O–H groups in total. The zero-order valence-electron chi connectivity index (χ0n) is 24.7. The second kappa shape index (κ2) is 10.4. The van der Waals surface area contributed by atoms with E-state index in [0.29, 0.717) is 5.25 Å². The van der Waals surface area contributed by atoms with E-state index in [1.165, 1.54) is 36.5 Å². The number of benzene rings is 6. The minimum atomic E-state index is -1.67. The van der Waals surface area contributed by atoms with Gasteiger partial charge in [-0.2, -0.15) is 10.0 Å². The van der Waals surface area contributed by atoms with Crippen LogP contribution in [0.4, 0.5) is 0 Å². The van der Waals surface area contributed by atoms with Crippen LogP contribution < -0.4 is 0 Å². The molecule has 9 rings (SSSR count). The highest BCUT2D eigenvalue weighted by molar-refractivity contribution is 8.34. The smallest absolute Gasteiger partial charge is 0.135 e. The fourth-order valence-corrected chi connectivity index (χ4v) is 11.7. The normalized spacial score (nSPS) is 15.4. The van der Waals surface area contributed by atoms with Crippen molar-refractivity contribution in [2.24, 2.45) is 0 Å². The molecule has 1 aliphatic rings. The van der Waals surface area contributed by atoms with Gasteiger partial charge in [0.1, 0.15) is 11.2 Å². The maximum absolute atomic E-state index is 6.50. The first-order valence-corrected chi connectivity index (χ1v) is 17.2. The number of aromatic nitrogens is 1. The molecule has 6 aromatic carbocycles. The fraction of sp³-hybridized carbons (Fsp3) is 0.0476. The van der Waals surface area contributed by atoms with E-state index in [4.69, 9.17) is 4.42 Å². The van der Waals surface area contributed by atoms with E-state index in [0.717, 1.165) is 34.0 Å². The summed E-state index contributed by atoms with van der Waals surface area (Å²) >= 11 is 0. The molecule has 0 fully saturated rings. The van der Waals surface area contributed by atoms with Gasteiger partial charge in [0.05, 0.1) is 11.0 Å². The topological polar surface area (TPSA) is 18.1 Å². The molecule has 216 valence electrons. The summed E-state index contributed by atoms with van der Waals surface area (Å²) in [6.07, 6.45) is 10.2. The van der Waals surface area contributed by atoms with Crippen LogP contribution in [0.1, 0.15) is 6.42 Å². The Kier molecular flexibility index (Phi) is 6.07. The molecule has 0 saturated heterocycles. The van der Waals surface area contributed by atoms with Gasteiger partial charge in [0, 0.05) is 32.5 Å². The van der Waals surface area contributed by atoms with Crippen molar-refractivity contribution in [3.63, 3.8) is 0 Å². The van der Waals surface area contributed by atoms with Gasteiger partial charge in [-0.3, -0.25) is 0 Å². The van der Waals surface area contributed by atoms with E-state index >= 15 is 0 Å². The predicted molar refractivity (Wildman–Crippen MR) is 190 cm³/mol. The predicted octanol–water partition coefficient (Wildman–Crippen LogP) is 11.8. The third-order valence-corrected chi connectivity index (χ3v) is 13.5. The molecule has 0 spiro atoms. The maximum atomic E-state index is 6.50. The number of rotatable bonds is 5. The van der Waals surface area contributed by atoms with Gasteiger partial charge >= 0.3 is 0 Å². The molecule has 0 amide bonds. The number of nitrogens with zero attached hydrogens (tertiary/aromatic N) is 1. The Balaban J connectivity index is 1.32. The second-order valence-electron chi connectivity index (χ2n) is 11.7. The molecule has 8 aromatic rings. The van der Waals surface area contributed by atoms with Crippen LogP contribution >= 0.6 is 10.0 Å². The van der Waals surface area contributed by atoms with Gasteiger partial charge in [-0.1, -0.05) is 97.1 Å². The lowest BCUT2D eigenvalue weighted by atomic mass is 10.1. The molecule has 1 aliphatic carbocycles. The largest absolute Gasteiger partial charge is 0.456 e. The molecule has 1 unspecified atom stereocenters. The lowest BCUT2D eigenvalue weighted by Crippen LogP contribution is -2.19. The Hall–Kier alpha value is -5.25. The Bertz CT molecular complexity index is 2320. The number of fused-ring (bicyclic) bond motifs is 6. The van der Waals surface area contributed by atoms with Crippen molar-refractivity contribution in [3.05, 3.63) is 170 Å². The van der Waals surface area contributed by atoms with Crippen LogP contribution in [0.5, 0.6) is 0 Å². The summed E-state index contributed by atoms with van der Waals surface area (Å²) in [5, 5.41) is 5.16.